The summed E-state index contributed by atoms with van der Waals surface area (Å²) in [7, 11) is 3.21. The number of aliphatic imine (C=N–C) groups is 1. The van der Waals surface area contributed by atoms with Gasteiger partial charge < -0.3 is 25.4 Å². The van der Waals surface area contributed by atoms with Crippen LogP contribution in [0.5, 0.6) is 0 Å². The zero-order valence-electron chi connectivity index (χ0n) is 31.1. The van der Waals surface area contributed by atoms with E-state index in [1.165, 1.54) is 0 Å². The molecule has 50 heavy (non-hydrogen) atoms. The summed E-state index contributed by atoms with van der Waals surface area (Å²) < 4.78 is 0. The first-order chi connectivity index (χ1) is 23.6. The van der Waals surface area contributed by atoms with Crippen molar-refractivity contribution in [2.24, 2.45) is 27.7 Å². The number of carbonyl (C=O) groups excluding carboxylic acids is 4. The minimum Gasteiger partial charge on any atom is -0.359 e. The van der Waals surface area contributed by atoms with Crippen molar-refractivity contribution in [3.8, 4) is 11.3 Å². The number of aromatic amines is 1. The lowest BCUT2D eigenvalue weighted by molar-refractivity contribution is -0.143. The van der Waals surface area contributed by atoms with E-state index in [9.17, 15) is 19.2 Å². The Balaban J connectivity index is 1.24. The van der Waals surface area contributed by atoms with E-state index in [0.717, 1.165) is 59.6 Å². The second kappa shape index (κ2) is 14.9. The zero-order valence-corrected chi connectivity index (χ0v) is 31.1. The van der Waals surface area contributed by atoms with Gasteiger partial charge in [-0.3, -0.25) is 24.2 Å². The van der Waals surface area contributed by atoms with Gasteiger partial charge in [0.25, 0.3) is 0 Å². The maximum atomic E-state index is 13.8. The van der Waals surface area contributed by atoms with Gasteiger partial charge in [0.15, 0.2) is 0 Å². The van der Waals surface area contributed by atoms with Crippen molar-refractivity contribution in [2.75, 3.05) is 27.2 Å². The summed E-state index contributed by atoms with van der Waals surface area (Å²) >= 11 is 0. The molecule has 4 amide bonds. The van der Waals surface area contributed by atoms with E-state index in [4.69, 9.17) is 9.98 Å². The second-order valence-corrected chi connectivity index (χ2v) is 16.2. The number of hydrogen-bond donors (Lipinski definition) is 3. The fraction of sp³-hybridized carbons (Fsp3) is 0.590. The van der Waals surface area contributed by atoms with E-state index < -0.39 is 11.8 Å². The molecule has 2 fully saturated rings. The Morgan fingerprint density at radius 1 is 0.800 bits per heavy atom. The molecule has 1 aromatic carbocycles. The van der Waals surface area contributed by atoms with Crippen molar-refractivity contribution in [3.05, 3.63) is 48.1 Å². The van der Waals surface area contributed by atoms with Crippen LogP contribution in [0.15, 0.2) is 41.7 Å². The van der Waals surface area contributed by atoms with Crippen LogP contribution in [0, 0.1) is 22.7 Å². The molecule has 2 saturated heterocycles. The molecule has 3 N–H and O–H groups in total. The monoisotopic (exact) mass is 685 g/mol. The van der Waals surface area contributed by atoms with Crippen LogP contribution in [0.2, 0.25) is 0 Å². The molecule has 0 unspecified atom stereocenters. The van der Waals surface area contributed by atoms with Gasteiger partial charge >= 0.3 is 0 Å². The van der Waals surface area contributed by atoms with Crippen LogP contribution in [0.4, 0.5) is 0 Å². The third kappa shape index (κ3) is 8.02. The fourth-order valence-corrected chi connectivity index (χ4v) is 7.54. The van der Waals surface area contributed by atoms with Gasteiger partial charge in [0.2, 0.25) is 23.6 Å². The van der Waals surface area contributed by atoms with Crippen LogP contribution in [0.3, 0.4) is 0 Å². The van der Waals surface area contributed by atoms with Gasteiger partial charge in [0.1, 0.15) is 5.82 Å². The van der Waals surface area contributed by atoms with E-state index in [2.05, 4.69) is 39.9 Å². The largest absolute Gasteiger partial charge is 0.359 e. The Bertz CT molecular complexity index is 1640. The number of likely N-dealkylation sites (tertiary alicyclic amines) is 2. The minimum atomic E-state index is -0.425. The van der Waals surface area contributed by atoms with E-state index in [1.807, 2.05) is 63.7 Å². The highest BCUT2D eigenvalue weighted by atomic mass is 16.2. The molecule has 3 aliphatic heterocycles. The van der Waals surface area contributed by atoms with E-state index in [0.29, 0.717) is 19.5 Å². The maximum Gasteiger partial charge on any atom is 0.227 e. The molecule has 0 saturated carbocycles. The summed E-state index contributed by atoms with van der Waals surface area (Å²) in [6.07, 6.45) is 8.27. The number of rotatable bonds is 10. The number of nitrogens with zero attached hydrogens (tertiary/aromatic N) is 4. The summed E-state index contributed by atoms with van der Waals surface area (Å²) in [4.78, 5) is 69.1. The van der Waals surface area contributed by atoms with E-state index in [-0.39, 0.29) is 59.4 Å². The van der Waals surface area contributed by atoms with Crippen molar-refractivity contribution in [1.29, 1.82) is 0 Å². The number of aromatic nitrogens is 2. The van der Waals surface area contributed by atoms with Gasteiger partial charge in [-0.2, -0.15) is 0 Å². The third-order valence-electron chi connectivity index (χ3n) is 10.7. The normalized spacial score (nSPS) is 20.7. The zero-order chi connectivity index (χ0) is 36.4. The smallest absolute Gasteiger partial charge is 0.227 e. The summed E-state index contributed by atoms with van der Waals surface area (Å²) in [5.41, 5.74) is 4.36. The van der Waals surface area contributed by atoms with Crippen molar-refractivity contribution in [1.82, 2.24) is 30.4 Å². The predicted octanol–water partition coefficient (Wildman–Crippen LogP) is 5.51. The molecular formula is C39H55N7O4. The van der Waals surface area contributed by atoms with Crippen molar-refractivity contribution in [2.45, 2.75) is 98.6 Å². The molecule has 11 heteroatoms. The highest BCUT2D eigenvalue weighted by Gasteiger charge is 2.42. The minimum absolute atomic E-state index is 0.000310. The number of benzene rings is 1. The van der Waals surface area contributed by atoms with Crippen LogP contribution >= 0.6 is 0 Å². The average Bonchev–Trinajstić information content (AvgIpc) is 3.90. The van der Waals surface area contributed by atoms with Crippen molar-refractivity contribution < 1.29 is 19.2 Å². The maximum absolute atomic E-state index is 13.8. The number of hydrogen-bond acceptors (Lipinski definition) is 6. The molecule has 0 aliphatic carbocycles. The quantitative estimate of drug-likeness (QED) is 0.303. The highest BCUT2D eigenvalue weighted by Crippen LogP contribution is 2.39. The molecule has 0 spiro atoms. The second-order valence-electron chi connectivity index (χ2n) is 16.2. The number of carbonyl (C=O) groups is 4. The number of nitrogens with one attached hydrogen (secondary N) is 3. The Labute approximate surface area is 296 Å². The van der Waals surface area contributed by atoms with E-state index in [1.54, 1.807) is 14.1 Å². The first-order valence-corrected chi connectivity index (χ1v) is 18.1. The van der Waals surface area contributed by atoms with Crippen LogP contribution < -0.4 is 10.6 Å². The molecule has 4 atom stereocenters. The van der Waals surface area contributed by atoms with Gasteiger partial charge in [0.05, 0.1) is 35.8 Å². The summed E-state index contributed by atoms with van der Waals surface area (Å²) in [5.74, 6) is -0.283. The molecule has 0 radical (unpaired) electrons. The standard InChI is InChI=1S/C39H55N7O4/c1-38(2,3)27(20-33(47)40-7)36(49)45-17-9-11-31(45)29-19-26(22-42-29)24-13-15-25(16-14-24)30-23-43-35(44-30)32-12-10-18-46(32)37(50)28(39(4,5)6)21-34(48)41-8/h13-16,22-23,27-28,31-32H,9-12,17-21H2,1-8H3,(H,40,47)(H,41,48)(H,43,44)/t27-,28-,31+,32+/m1/s1. The Kier molecular flexibility index (Phi) is 11.0. The molecule has 2 aromatic rings. The number of imidazole rings is 1. The van der Waals surface area contributed by atoms with Crippen molar-refractivity contribution in [3.63, 3.8) is 0 Å². The van der Waals surface area contributed by atoms with E-state index >= 15 is 0 Å². The summed E-state index contributed by atoms with van der Waals surface area (Å²) in [6.45, 7) is 13.4. The predicted molar refractivity (Wildman–Crippen MR) is 196 cm³/mol. The number of allylic oxidation sites excluding steroid dienone is 1. The summed E-state index contributed by atoms with van der Waals surface area (Å²) in [5, 5.41) is 5.35. The molecule has 1 aromatic heterocycles. The fourth-order valence-electron chi connectivity index (χ4n) is 7.54. The van der Waals surface area contributed by atoms with Gasteiger partial charge in [-0.1, -0.05) is 65.8 Å². The van der Waals surface area contributed by atoms with Gasteiger partial charge in [-0.25, -0.2) is 4.98 Å². The van der Waals surface area contributed by atoms with Crippen LogP contribution in [-0.2, 0) is 19.2 Å². The number of H-pyrrole nitrogens is 1. The highest BCUT2D eigenvalue weighted by molar-refractivity contribution is 6.03. The summed E-state index contributed by atoms with van der Waals surface area (Å²) in [6, 6.07) is 8.11. The first-order valence-electron chi connectivity index (χ1n) is 18.1. The molecule has 11 nitrogen and oxygen atoms in total. The molecule has 5 rings (SSSR count). The molecule has 0 bridgehead atoms. The lowest BCUT2D eigenvalue weighted by atomic mass is 9.77. The SMILES string of the molecule is CNC(=O)C[C@H](C(=O)N1CCC[C@H]1C1=NC=C(c2ccc(-c3cnc([C@@H]4CCCN4C(=O)[C@@H](CC(=O)NC)C(C)(C)C)[nH]3)cc2)C1)C(C)(C)C. The molecule has 4 heterocycles. The van der Waals surface area contributed by atoms with Gasteiger partial charge in [-0.05, 0) is 53.2 Å². The average molecular weight is 686 g/mol. The van der Waals surface area contributed by atoms with Crippen molar-refractivity contribution >= 4 is 34.9 Å². The van der Waals surface area contributed by atoms with Gasteiger partial charge in [-0.15, -0.1) is 0 Å². The van der Waals surface area contributed by atoms with Crippen LogP contribution in [0.1, 0.15) is 104 Å². The Hall–Kier alpha value is -4.28. The molecule has 270 valence electrons. The first kappa shape index (κ1) is 37.0. The van der Waals surface area contributed by atoms with Crippen LogP contribution in [0.25, 0.3) is 16.8 Å². The lowest BCUT2D eigenvalue weighted by Crippen LogP contribution is -2.47. The topological polar surface area (TPSA) is 140 Å². The third-order valence-corrected chi connectivity index (χ3v) is 10.7. The molecular weight excluding hydrogens is 630 g/mol. The van der Waals surface area contributed by atoms with Gasteiger partial charge in [0, 0.05) is 58.4 Å². The Morgan fingerprint density at radius 3 is 1.82 bits per heavy atom. The molecule has 3 aliphatic rings. The van der Waals surface area contributed by atoms with Crippen LogP contribution in [-0.4, -0.2) is 82.3 Å². The Morgan fingerprint density at radius 2 is 1.30 bits per heavy atom. The lowest BCUT2D eigenvalue weighted by Gasteiger charge is -2.35. The number of amides is 4.